The van der Waals surface area contributed by atoms with E-state index < -0.39 is 12.3 Å². The van der Waals surface area contributed by atoms with Crippen LogP contribution >= 0.6 is 15.9 Å². The summed E-state index contributed by atoms with van der Waals surface area (Å²) in [5.41, 5.74) is -0.262. The summed E-state index contributed by atoms with van der Waals surface area (Å²) in [7, 11) is 1.34. The fraction of sp³-hybridized carbons (Fsp3) is 0.333. The minimum atomic E-state index is -4.69. The number of aliphatic hydroxyl groups excluding tert-OH is 1. The first-order valence-corrected chi connectivity index (χ1v) is 4.73. The zero-order chi connectivity index (χ0) is 11.6. The fourth-order valence-electron chi connectivity index (χ4n) is 1.03. The average Bonchev–Trinajstić information content (AvgIpc) is 2.16. The minimum Gasteiger partial charge on any atom is -0.497 e. The summed E-state index contributed by atoms with van der Waals surface area (Å²) in [5.74, 6) is 0.261. The van der Waals surface area contributed by atoms with E-state index >= 15 is 0 Å². The maximum atomic E-state index is 12.2. The smallest absolute Gasteiger partial charge is 0.418 e. The Morgan fingerprint density at radius 2 is 2.00 bits per heavy atom. The highest BCUT2D eigenvalue weighted by Crippen LogP contribution is 2.37. The fourth-order valence-corrected chi connectivity index (χ4v) is 1.50. The van der Waals surface area contributed by atoms with Gasteiger partial charge in [-0.1, -0.05) is 15.9 Å². The van der Waals surface area contributed by atoms with Gasteiger partial charge in [0.15, 0.2) is 6.10 Å². The SMILES string of the molecule is COc1ccc(Br)c([C@H](O)C(F)(F)F)c1. The predicted octanol–water partition coefficient (Wildman–Crippen LogP) is 3.05. The molecule has 0 heterocycles. The van der Waals surface area contributed by atoms with Gasteiger partial charge in [0.1, 0.15) is 5.75 Å². The first-order valence-electron chi connectivity index (χ1n) is 3.94. The van der Waals surface area contributed by atoms with Crippen molar-refractivity contribution in [3.63, 3.8) is 0 Å². The van der Waals surface area contributed by atoms with Crippen molar-refractivity contribution in [1.82, 2.24) is 0 Å². The molecule has 0 aliphatic heterocycles. The highest BCUT2D eigenvalue weighted by atomic mass is 79.9. The molecule has 0 aliphatic carbocycles. The van der Waals surface area contributed by atoms with Crippen LogP contribution in [0.5, 0.6) is 5.75 Å². The van der Waals surface area contributed by atoms with Crippen LogP contribution in [0.4, 0.5) is 13.2 Å². The Morgan fingerprint density at radius 1 is 1.40 bits per heavy atom. The lowest BCUT2D eigenvalue weighted by Crippen LogP contribution is -2.20. The van der Waals surface area contributed by atoms with Crippen molar-refractivity contribution in [1.29, 1.82) is 0 Å². The van der Waals surface area contributed by atoms with E-state index in [1.54, 1.807) is 0 Å². The summed E-state index contributed by atoms with van der Waals surface area (Å²) in [6.07, 6.45) is -7.20. The van der Waals surface area contributed by atoms with E-state index in [-0.39, 0.29) is 15.8 Å². The van der Waals surface area contributed by atoms with E-state index in [0.717, 1.165) is 6.07 Å². The zero-order valence-electron chi connectivity index (χ0n) is 7.68. The first-order chi connectivity index (χ1) is 6.86. The summed E-state index contributed by atoms with van der Waals surface area (Å²) < 4.78 is 41.7. The molecule has 1 aromatic rings. The number of alkyl halides is 3. The monoisotopic (exact) mass is 284 g/mol. The van der Waals surface area contributed by atoms with Gasteiger partial charge < -0.3 is 9.84 Å². The summed E-state index contributed by atoms with van der Waals surface area (Å²) in [6, 6.07) is 4.03. The van der Waals surface area contributed by atoms with Crippen molar-refractivity contribution < 1.29 is 23.0 Å². The molecule has 0 amide bonds. The van der Waals surface area contributed by atoms with Crippen LogP contribution in [0.1, 0.15) is 11.7 Å². The second-order valence-corrected chi connectivity index (χ2v) is 3.69. The molecule has 0 fully saturated rings. The van der Waals surface area contributed by atoms with E-state index in [9.17, 15) is 13.2 Å². The molecule has 1 atom stereocenters. The van der Waals surface area contributed by atoms with Crippen LogP contribution in [-0.4, -0.2) is 18.4 Å². The largest absolute Gasteiger partial charge is 0.497 e. The van der Waals surface area contributed by atoms with Gasteiger partial charge in [-0.15, -0.1) is 0 Å². The molecule has 2 nitrogen and oxygen atoms in total. The third kappa shape index (κ3) is 2.85. The lowest BCUT2D eigenvalue weighted by Gasteiger charge is -2.16. The Morgan fingerprint density at radius 3 is 2.47 bits per heavy atom. The van der Waals surface area contributed by atoms with Gasteiger partial charge in [-0.05, 0) is 18.2 Å². The Labute approximate surface area is 92.8 Å². The predicted molar refractivity (Wildman–Crippen MR) is 51.7 cm³/mol. The molecule has 15 heavy (non-hydrogen) atoms. The highest BCUT2D eigenvalue weighted by molar-refractivity contribution is 9.10. The number of hydrogen-bond donors (Lipinski definition) is 1. The normalized spacial score (nSPS) is 13.7. The molecule has 0 saturated carbocycles. The highest BCUT2D eigenvalue weighted by Gasteiger charge is 2.40. The lowest BCUT2D eigenvalue weighted by molar-refractivity contribution is -0.207. The molecular weight excluding hydrogens is 277 g/mol. The number of hydrogen-bond acceptors (Lipinski definition) is 2. The van der Waals surface area contributed by atoms with Crippen LogP contribution in [0.2, 0.25) is 0 Å². The van der Waals surface area contributed by atoms with Crippen molar-refractivity contribution in [2.45, 2.75) is 12.3 Å². The molecule has 0 aliphatic rings. The van der Waals surface area contributed by atoms with E-state index in [1.165, 1.54) is 19.2 Å². The van der Waals surface area contributed by atoms with Gasteiger partial charge in [0.05, 0.1) is 7.11 Å². The van der Waals surface area contributed by atoms with Crippen LogP contribution in [0.15, 0.2) is 22.7 Å². The average molecular weight is 285 g/mol. The molecule has 84 valence electrons. The quantitative estimate of drug-likeness (QED) is 0.905. The Balaban J connectivity index is 3.12. The van der Waals surface area contributed by atoms with Crippen LogP contribution in [0.25, 0.3) is 0 Å². The van der Waals surface area contributed by atoms with Gasteiger partial charge >= 0.3 is 6.18 Å². The number of methoxy groups -OCH3 is 1. The van der Waals surface area contributed by atoms with Gasteiger partial charge in [0.25, 0.3) is 0 Å². The second-order valence-electron chi connectivity index (χ2n) is 2.83. The molecule has 1 rings (SSSR count). The maximum absolute atomic E-state index is 12.2. The Hall–Kier alpha value is -0.750. The third-order valence-corrected chi connectivity index (χ3v) is 2.53. The van der Waals surface area contributed by atoms with Gasteiger partial charge in [-0.2, -0.15) is 13.2 Å². The van der Waals surface area contributed by atoms with E-state index in [0.29, 0.717) is 0 Å². The summed E-state index contributed by atoms with van der Waals surface area (Å²) >= 11 is 2.94. The minimum absolute atomic E-state index is 0.188. The molecule has 0 unspecified atom stereocenters. The molecule has 0 spiro atoms. The third-order valence-electron chi connectivity index (χ3n) is 1.81. The number of aliphatic hydroxyl groups is 1. The number of halogens is 4. The molecule has 0 saturated heterocycles. The molecule has 1 N–H and O–H groups in total. The Bertz CT molecular complexity index is 352. The molecule has 0 aromatic heterocycles. The topological polar surface area (TPSA) is 29.5 Å². The molecule has 6 heteroatoms. The summed E-state index contributed by atoms with van der Waals surface area (Å²) in [5, 5.41) is 9.05. The maximum Gasteiger partial charge on any atom is 0.418 e. The van der Waals surface area contributed by atoms with Crippen molar-refractivity contribution >= 4 is 15.9 Å². The molecule has 1 aromatic carbocycles. The molecular formula is C9H8BrF3O2. The Kier molecular flexibility index (Phi) is 3.62. The number of benzene rings is 1. The van der Waals surface area contributed by atoms with Crippen molar-refractivity contribution in [2.24, 2.45) is 0 Å². The lowest BCUT2D eigenvalue weighted by atomic mass is 10.1. The first kappa shape index (κ1) is 12.3. The molecule has 0 radical (unpaired) electrons. The van der Waals surface area contributed by atoms with E-state index in [4.69, 9.17) is 9.84 Å². The van der Waals surface area contributed by atoms with Crippen LogP contribution in [-0.2, 0) is 0 Å². The van der Waals surface area contributed by atoms with Crippen LogP contribution in [0, 0.1) is 0 Å². The van der Waals surface area contributed by atoms with E-state index in [2.05, 4.69) is 15.9 Å². The van der Waals surface area contributed by atoms with Crippen molar-refractivity contribution in [2.75, 3.05) is 7.11 Å². The number of ether oxygens (including phenoxy) is 1. The van der Waals surface area contributed by atoms with Crippen LogP contribution < -0.4 is 4.74 Å². The van der Waals surface area contributed by atoms with Gasteiger partial charge in [0, 0.05) is 10.0 Å². The van der Waals surface area contributed by atoms with Gasteiger partial charge in [0.2, 0.25) is 0 Å². The zero-order valence-corrected chi connectivity index (χ0v) is 9.26. The van der Waals surface area contributed by atoms with Crippen molar-refractivity contribution in [3.05, 3.63) is 28.2 Å². The van der Waals surface area contributed by atoms with Crippen molar-refractivity contribution in [3.8, 4) is 5.75 Å². The second kappa shape index (κ2) is 4.40. The number of rotatable bonds is 2. The van der Waals surface area contributed by atoms with Gasteiger partial charge in [-0.3, -0.25) is 0 Å². The standard InChI is InChI=1S/C9H8BrF3O2/c1-15-5-2-3-7(10)6(4-5)8(14)9(11,12)13/h2-4,8,14H,1H3/t8-/m0/s1. The molecule has 0 bridgehead atoms. The van der Waals surface area contributed by atoms with Gasteiger partial charge in [-0.25, -0.2) is 0 Å². The van der Waals surface area contributed by atoms with Crippen LogP contribution in [0.3, 0.4) is 0 Å². The van der Waals surface area contributed by atoms with E-state index in [1.807, 2.05) is 0 Å². The summed E-state index contributed by atoms with van der Waals surface area (Å²) in [4.78, 5) is 0. The summed E-state index contributed by atoms with van der Waals surface area (Å²) in [6.45, 7) is 0.